The van der Waals surface area contributed by atoms with Crippen LogP contribution in [0.4, 0.5) is 0 Å². The monoisotopic (exact) mass is 266 g/mol. The van der Waals surface area contributed by atoms with Crippen molar-refractivity contribution in [3.8, 4) is 11.1 Å². The highest BCUT2D eigenvalue weighted by molar-refractivity contribution is 6.36. The summed E-state index contributed by atoms with van der Waals surface area (Å²) in [7, 11) is 0. The van der Waals surface area contributed by atoms with E-state index in [1.807, 2.05) is 42.5 Å². The highest BCUT2D eigenvalue weighted by Crippen LogP contribution is 2.33. The zero-order valence-electron chi connectivity index (χ0n) is 9.16. The predicted molar refractivity (Wildman–Crippen MR) is 72.7 cm³/mol. The molecule has 0 heterocycles. The summed E-state index contributed by atoms with van der Waals surface area (Å²) in [5, 5.41) is 10.3. The van der Waals surface area contributed by atoms with Gasteiger partial charge in [0.05, 0.1) is 0 Å². The Bertz CT molecular complexity index is 523. The predicted octanol–water partition coefficient (Wildman–Crippen LogP) is 4.20. The van der Waals surface area contributed by atoms with Crippen LogP contribution in [0.5, 0.6) is 0 Å². The molecular weight excluding hydrogens is 255 g/mol. The van der Waals surface area contributed by atoms with E-state index in [9.17, 15) is 0 Å². The van der Waals surface area contributed by atoms with Crippen molar-refractivity contribution < 1.29 is 5.11 Å². The van der Waals surface area contributed by atoms with Crippen LogP contribution in [0, 0.1) is 0 Å². The molecule has 0 fully saturated rings. The molecule has 2 rings (SSSR count). The van der Waals surface area contributed by atoms with Crippen LogP contribution >= 0.6 is 23.2 Å². The van der Waals surface area contributed by atoms with Crippen LogP contribution in [0.3, 0.4) is 0 Å². The number of hydrogen-bond acceptors (Lipinski definition) is 1. The van der Waals surface area contributed by atoms with Gasteiger partial charge in [0.25, 0.3) is 0 Å². The lowest BCUT2D eigenvalue weighted by atomic mass is 10.0. The fraction of sp³-hybridized carbons (Fsp3) is 0.143. The van der Waals surface area contributed by atoms with E-state index in [0.717, 1.165) is 16.7 Å². The summed E-state index contributed by atoms with van der Waals surface area (Å²) in [4.78, 5) is 0. The lowest BCUT2D eigenvalue weighted by Crippen LogP contribution is -1.91. The lowest BCUT2D eigenvalue weighted by Gasteiger charge is -2.09. The summed E-state index contributed by atoms with van der Waals surface area (Å²) in [6.07, 6.45) is 0.620. The Labute approximate surface area is 111 Å². The molecule has 0 amide bonds. The zero-order chi connectivity index (χ0) is 12.3. The number of benzene rings is 2. The Morgan fingerprint density at radius 1 is 0.882 bits per heavy atom. The van der Waals surface area contributed by atoms with Crippen LogP contribution in [0.25, 0.3) is 11.1 Å². The fourth-order valence-corrected chi connectivity index (χ4v) is 2.20. The molecule has 0 saturated carbocycles. The molecule has 0 spiro atoms. The van der Waals surface area contributed by atoms with Gasteiger partial charge in [-0.15, -0.1) is 0 Å². The first-order valence-corrected chi connectivity index (χ1v) is 6.12. The van der Waals surface area contributed by atoms with Gasteiger partial charge in [-0.1, -0.05) is 47.5 Å². The molecule has 2 aromatic carbocycles. The van der Waals surface area contributed by atoms with Gasteiger partial charge in [-0.25, -0.2) is 0 Å². The Morgan fingerprint density at radius 3 is 2.29 bits per heavy atom. The summed E-state index contributed by atoms with van der Waals surface area (Å²) in [6, 6.07) is 13.3. The van der Waals surface area contributed by atoms with Crippen LogP contribution in [0.2, 0.25) is 10.0 Å². The van der Waals surface area contributed by atoms with Crippen LogP contribution in [0.1, 0.15) is 5.56 Å². The summed E-state index contributed by atoms with van der Waals surface area (Å²) in [5.41, 5.74) is 2.87. The molecule has 2 aromatic rings. The second-order valence-electron chi connectivity index (χ2n) is 3.77. The normalized spacial score (nSPS) is 10.5. The van der Waals surface area contributed by atoms with Crippen molar-refractivity contribution in [2.75, 3.05) is 6.61 Å². The fourth-order valence-electron chi connectivity index (χ4n) is 1.74. The molecule has 0 aliphatic heterocycles. The van der Waals surface area contributed by atoms with Crippen molar-refractivity contribution in [2.45, 2.75) is 6.42 Å². The molecule has 1 N–H and O–H groups in total. The standard InChI is InChI=1S/C14H12Cl2O/c15-13-4-2-1-3-11(13)12-9-10(7-8-17)5-6-14(12)16/h1-6,9,17H,7-8H2. The largest absolute Gasteiger partial charge is 0.396 e. The van der Waals surface area contributed by atoms with E-state index in [2.05, 4.69) is 0 Å². The summed E-state index contributed by atoms with van der Waals surface area (Å²) < 4.78 is 0. The van der Waals surface area contributed by atoms with Gasteiger partial charge >= 0.3 is 0 Å². The summed E-state index contributed by atoms with van der Waals surface area (Å²) in [5.74, 6) is 0. The third-order valence-corrected chi connectivity index (χ3v) is 3.25. The maximum Gasteiger partial charge on any atom is 0.0485 e. The molecule has 0 aliphatic carbocycles. The average molecular weight is 267 g/mol. The first kappa shape index (κ1) is 12.4. The minimum Gasteiger partial charge on any atom is -0.396 e. The Hall–Kier alpha value is -1.02. The highest BCUT2D eigenvalue weighted by atomic mass is 35.5. The number of aliphatic hydroxyl groups is 1. The van der Waals surface area contributed by atoms with Gasteiger partial charge in [0.15, 0.2) is 0 Å². The topological polar surface area (TPSA) is 20.2 Å². The minimum atomic E-state index is 0.129. The van der Waals surface area contributed by atoms with Gasteiger partial charge in [0.2, 0.25) is 0 Å². The van der Waals surface area contributed by atoms with Gasteiger partial charge < -0.3 is 5.11 Å². The quantitative estimate of drug-likeness (QED) is 0.883. The van der Waals surface area contributed by atoms with Gasteiger partial charge in [-0.05, 0) is 30.2 Å². The van der Waals surface area contributed by atoms with E-state index in [4.69, 9.17) is 28.3 Å². The molecule has 0 radical (unpaired) electrons. The van der Waals surface area contributed by atoms with E-state index < -0.39 is 0 Å². The van der Waals surface area contributed by atoms with Crippen molar-refractivity contribution in [3.05, 3.63) is 58.1 Å². The maximum atomic E-state index is 8.95. The molecule has 88 valence electrons. The van der Waals surface area contributed by atoms with Crippen LogP contribution in [-0.4, -0.2) is 11.7 Å². The van der Waals surface area contributed by atoms with Crippen molar-refractivity contribution in [2.24, 2.45) is 0 Å². The number of hydrogen-bond donors (Lipinski definition) is 1. The third-order valence-electron chi connectivity index (χ3n) is 2.60. The van der Waals surface area contributed by atoms with Crippen LogP contribution < -0.4 is 0 Å². The Balaban J connectivity index is 2.51. The minimum absolute atomic E-state index is 0.129. The van der Waals surface area contributed by atoms with Gasteiger partial charge in [-0.2, -0.15) is 0 Å². The molecule has 3 heteroatoms. The molecule has 0 aromatic heterocycles. The molecule has 17 heavy (non-hydrogen) atoms. The average Bonchev–Trinajstić information content (AvgIpc) is 2.33. The van der Waals surface area contributed by atoms with Crippen LogP contribution in [0.15, 0.2) is 42.5 Å². The van der Waals surface area contributed by atoms with E-state index in [1.54, 1.807) is 0 Å². The van der Waals surface area contributed by atoms with E-state index >= 15 is 0 Å². The number of rotatable bonds is 3. The molecule has 0 saturated heterocycles. The van der Waals surface area contributed by atoms with Crippen molar-refractivity contribution in [3.63, 3.8) is 0 Å². The van der Waals surface area contributed by atoms with Gasteiger partial charge in [-0.3, -0.25) is 0 Å². The molecule has 0 unspecified atom stereocenters. The Morgan fingerprint density at radius 2 is 1.59 bits per heavy atom. The SMILES string of the molecule is OCCc1ccc(Cl)c(-c2ccccc2Cl)c1. The first-order chi connectivity index (χ1) is 8.22. The molecular formula is C14H12Cl2O. The summed E-state index contributed by atoms with van der Waals surface area (Å²) in [6.45, 7) is 0.129. The first-order valence-electron chi connectivity index (χ1n) is 5.36. The highest BCUT2D eigenvalue weighted by Gasteiger charge is 2.07. The van der Waals surface area contributed by atoms with Crippen molar-refractivity contribution in [1.29, 1.82) is 0 Å². The molecule has 0 bridgehead atoms. The van der Waals surface area contributed by atoms with Gasteiger partial charge in [0.1, 0.15) is 0 Å². The third kappa shape index (κ3) is 2.81. The molecule has 0 aliphatic rings. The van der Waals surface area contributed by atoms with E-state index in [0.29, 0.717) is 16.5 Å². The zero-order valence-corrected chi connectivity index (χ0v) is 10.7. The lowest BCUT2D eigenvalue weighted by molar-refractivity contribution is 0.299. The number of aliphatic hydroxyl groups excluding tert-OH is 1. The smallest absolute Gasteiger partial charge is 0.0485 e. The molecule has 1 nitrogen and oxygen atoms in total. The number of halogens is 2. The second-order valence-corrected chi connectivity index (χ2v) is 4.58. The van der Waals surface area contributed by atoms with Crippen LogP contribution in [-0.2, 0) is 6.42 Å². The van der Waals surface area contributed by atoms with Crippen molar-refractivity contribution >= 4 is 23.2 Å². The summed E-state index contributed by atoms with van der Waals surface area (Å²) >= 11 is 12.3. The molecule has 0 atom stereocenters. The Kier molecular flexibility index (Phi) is 4.06. The van der Waals surface area contributed by atoms with E-state index in [-0.39, 0.29) is 6.61 Å². The second kappa shape index (κ2) is 5.54. The maximum absolute atomic E-state index is 8.95. The van der Waals surface area contributed by atoms with E-state index in [1.165, 1.54) is 0 Å². The van der Waals surface area contributed by atoms with Crippen molar-refractivity contribution in [1.82, 2.24) is 0 Å². The van der Waals surface area contributed by atoms with Gasteiger partial charge in [0, 0.05) is 27.8 Å².